The van der Waals surface area contributed by atoms with E-state index >= 15 is 0 Å². The van der Waals surface area contributed by atoms with Gasteiger partial charge in [-0.15, -0.1) is 0 Å². The molecule has 0 saturated carbocycles. The van der Waals surface area contributed by atoms with Crippen molar-refractivity contribution in [2.45, 2.75) is 38.6 Å². The quantitative estimate of drug-likeness (QED) is 0.413. The number of aliphatic hydroxyl groups is 1. The summed E-state index contributed by atoms with van der Waals surface area (Å²) in [6, 6.07) is 13.5. The number of nitrogens with zero attached hydrogens (tertiary/aromatic N) is 5. The molecule has 11 nitrogen and oxygen atoms in total. The van der Waals surface area contributed by atoms with Crippen LogP contribution in [0.2, 0.25) is 0 Å². The summed E-state index contributed by atoms with van der Waals surface area (Å²) in [7, 11) is 0. The number of piperidine rings is 1. The Morgan fingerprint density at radius 2 is 2.10 bits per heavy atom. The molecular formula is C27H27FN6O5. The number of halogens is 1. The second kappa shape index (κ2) is 12.3. The highest BCUT2D eigenvalue weighted by atomic mass is 19.1. The predicted molar refractivity (Wildman–Crippen MR) is 138 cm³/mol. The number of anilines is 2. The van der Waals surface area contributed by atoms with Crippen molar-refractivity contribution in [2.24, 2.45) is 0 Å². The van der Waals surface area contributed by atoms with Crippen LogP contribution in [0.25, 0.3) is 11.4 Å². The van der Waals surface area contributed by atoms with Crippen molar-refractivity contribution in [3.8, 4) is 23.2 Å². The van der Waals surface area contributed by atoms with E-state index in [2.05, 4.69) is 26.3 Å². The normalized spacial score (nSPS) is 17.6. The summed E-state index contributed by atoms with van der Waals surface area (Å²) in [6.45, 7) is 3.37. The monoisotopic (exact) mass is 534 g/mol. The summed E-state index contributed by atoms with van der Waals surface area (Å²) in [4.78, 5) is 38.0. The van der Waals surface area contributed by atoms with Crippen molar-refractivity contribution in [2.75, 3.05) is 25.0 Å². The summed E-state index contributed by atoms with van der Waals surface area (Å²) in [5.41, 5.74) is 1.63. The van der Waals surface area contributed by atoms with Gasteiger partial charge in [-0.25, -0.2) is 19.2 Å². The van der Waals surface area contributed by atoms with Crippen molar-refractivity contribution >= 4 is 23.5 Å². The molecule has 1 aliphatic heterocycles. The third-order valence-corrected chi connectivity index (χ3v) is 5.99. The Bertz CT molecular complexity index is 1400. The van der Waals surface area contributed by atoms with Gasteiger partial charge in [0.2, 0.25) is 5.95 Å². The molecular weight excluding hydrogens is 507 g/mol. The number of carbonyl (C=O) groups is 2. The van der Waals surface area contributed by atoms with Gasteiger partial charge in [0.1, 0.15) is 30.4 Å². The summed E-state index contributed by atoms with van der Waals surface area (Å²) in [5, 5.41) is 22.2. The second-order valence-electron chi connectivity index (χ2n) is 8.80. The molecule has 3 aromatic rings. The molecule has 12 heteroatoms. The number of rotatable bonds is 8. The van der Waals surface area contributed by atoms with E-state index in [1.807, 2.05) is 0 Å². The van der Waals surface area contributed by atoms with Crippen LogP contribution in [0, 0.1) is 11.3 Å². The van der Waals surface area contributed by atoms with Gasteiger partial charge in [-0.1, -0.05) is 6.07 Å². The highest BCUT2D eigenvalue weighted by molar-refractivity contribution is 5.90. The molecule has 4 rings (SSSR count). The topological polar surface area (TPSA) is 151 Å². The van der Waals surface area contributed by atoms with Crippen LogP contribution in [0.3, 0.4) is 0 Å². The largest absolute Gasteiger partial charge is 0.486 e. The number of ether oxygens (including phenoxy) is 2. The number of carbonyl (C=O) groups excluding carboxylic acids is 2. The maximum Gasteiger partial charge on any atom is 0.338 e. The van der Waals surface area contributed by atoms with Gasteiger partial charge in [-0.2, -0.15) is 10.2 Å². The molecule has 3 atom stereocenters. The number of aliphatic hydroxyl groups excluding tert-OH is 1. The predicted octanol–water partition coefficient (Wildman–Crippen LogP) is 3.03. The minimum absolute atomic E-state index is 0.166. The smallest absolute Gasteiger partial charge is 0.338 e. The Balaban J connectivity index is 1.47. The van der Waals surface area contributed by atoms with E-state index in [4.69, 9.17) is 9.47 Å². The molecule has 0 aliphatic carbocycles. The lowest BCUT2D eigenvalue weighted by molar-refractivity contribution is -0.143. The van der Waals surface area contributed by atoms with Gasteiger partial charge >= 0.3 is 5.97 Å². The molecule has 1 amide bonds. The molecule has 1 aliphatic rings. The van der Waals surface area contributed by atoms with Gasteiger partial charge in [0, 0.05) is 24.2 Å². The molecule has 1 aromatic heterocycles. The highest BCUT2D eigenvalue weighted by Crippen LogP contribution is 2.28. The third kappa shape index (κ3) is 6.63. The van der Waals surface area contributed by atoms with Crippen LogP contribution in [0.15, 0.2) is 48.8 Å². The zero-order valence-corrected chi connectivity index (χ0v) is 21.4. The number of nitrogens with one attached hydrogen (secondary N) is 1. The summed E-state index contributed by atoms with van der Waals surface area (Å²) in [6.07, 6.45) is -2.00. The average molecular weight is 535 g/mol. The van der Waals surface area contributed by atoms with Crippen molar-refractivity contribution in [1.29, 1.82) is 5.26 Å². The number of hydrogen-bond acceptors (Lipinski definition) is 10. The Labute approximate surface area is 224 Å². The Hall–Kier alpha value is -4.63. The molecule has 1 unspecified atom stereocenters. The van der Waals surface area contributed by atoms with Gasteiger partial charge in [-0.05, 0) is 50.2 Å². The number of likely N-dealkylation sites (tertiary alicyclic amines) is 1. The maximum absolute atomic E-state index is 14.8. The van der Waals surface area contributed by atoms with Gasteiger partial charge in [0.15, 0.2) is 12.0 Å². The first-order valence-electron chi connectivity index (χ1n) is 12.3. The lowest BCUT2D eigenvalue weighted by atomic mass is 10.0. The SMILES string of the molecule is CCOC(=O)c1cccc(Nc2ncnc(-c3ccc(O[C@H]4CCN(C(=O)C(C)O)C[C@H]4F)c(C#N)c3)n2)c1. The molecule has 0 spiro atoms. The van der Waals surface area contributed by atoms with Crippen LogP contribution < -0.4 is 10.1 Å². The van der Waals surface area contributed by atoms with E-state index in [0.717, 1.165) is 0 Å². The fraction of sp³-hybridized carbons (Fsp3) is 0.333. The fourth-order valence-corrected chi connectivity index (χ4v) is 4.07. The lowest BCUT2D eigenvalue weighted by Gasteiger charge is -2.35. The molecule has 2 N–H and O–H groups in total. The number of aromatic nitrogens is 3. The van der Waals surface area contributed by atoms with Crippen LogP contribution >= 0.6 is 0 Å². The van der Waals surface area contributed by atoms with E-state index in [0.29, 0.717) is 16.8 Å². The highest BCUT2D eigenvalue weighted by Gasteiger charge is 2.34. The fourth-order valence-electron chi connectivity index (χ4n) is 4.07. The lowest BCUT2D eigenvalue weighted by Crippen LogP contribution is -2.51. The van der Waals surface area contributed by atoms with Crippen LogP contribution in [-0.4, -0.2) is 74.9 Å². The van der Waals surface area contributed by atoms with Crippen LogP contribution in [0.4, 0.5) is 16.0 Å². The molecule has 0 bridgehead atoms. The Kier molecular flexibility index (Phi) is 8.63. The summed E-state index contributed by atoms with van der Waals surface area (Å²) in [5.74, 6) is -0.269. The second-order valence-corrected chi connectivity index (χ2v) is 8.80. The van der Waals surface area contributed by atoms with Gasteiger partial charge < -0.3 is 24.8 Å². The molecule has 1 fully saturated rings. The summed E-state index contributed by atoms with van der Waals surface area (Å²) >= 11 is 0. The molecule has 2 heterocycles. The van der Waals surface area contributed by atoms with Gasteiger partial charge in [0.25, 0.3) is 5.91 Å². The van der Waals surface area contributed by atoms with Gasteiger partial charge in [-0.3, -0.25) is 4.79 Å². The Morgan fingerprint density at radius 1 is 1.28 bits per heavy atom. The van der Waals surface area contributed by atoms with Crippen molar-refractivity contribution in [1.82, 2.24) is 19.9 Å². The Morgan fingerprint density at radius 3 is 2.82 bits per heavy atom. The molecule has 2 aromatic carbocycles. The van der Waals surface area contributed by atoms with Crippen molar-refractivity contribution in [3.05, 3.63) is 59.9 Å². The number of hydrogen-bond donors (Lipinski definition) is 2. The third-order valence-electron chi connectivity index (χ3n) is 5.99. The minimum Gasteiger partial charge on any atom is -0.486 e. The molecule has 1 saturated heterocycles. The number of alkyl halides is 1. The van der Waals surface area contributed by atoms with E-state index in [1.165, 1.54) is 24.2 Å². The molecule has 202 valence electrons. The van der Waals surface area contributed by atoms with E-state index < -0.39 is 30.3 Å². The van der Waals surface area contributed by atoms with E-state index in [-0.39, 0.29) is 49.2 Å². The number of esters is 1. The maximum atomic E-state index is 14.8. The summed E-state index contributed by atoms with van der Waals surface area (Å²) < 4.78 is 25.6. The van der Waals surface area contributed by atoms with E-state index in [1.54, 1.807) is 43.3 Å². The van der Waals surface area contributed by atoms with Crippen molar-refractivity contribution < 1.29 is 28.6 Å². The van der Waals surface area contributed by atoms with Crippen LogP contribution in [0.1, 0.15) is 36.2 Å². The number of nitriles is 1. The first-order valence-corrected chi connectivity index (χ1v) is 12.3. The zero-order chi connectivity index (χ0) is 27.9. The first kappa shape index (κ1) is 27.4. The molecule has 0 radical (unpaired) electrons. The minimum atomic E-state index is -1.48. The zero-order valence-electron chi connectivity index (χ0n) is 21.4. The number of amides is 1. The van der Waals surface area contributed by atoms with Gasteiger partial charge in [0.05, 0.1) is 24.3 Å². The molecule has 39 heavy (non-hydrogen) atoms. The van der Waals surface area contributed by atoms with E-state index in [9.17, 15) is 24.3 Å². The number of benzene rings is 2. The average Bonchev–Trinajstić information content (AvgIpc) is 2.94. The van der Waals surface area contributed by atoms with Crippen molar-refractivity contribution in [3.63, 3.8) is 0 Å². The first-order chi connectivity index (χ1) is 18.8. The standard InChI is InChI=1S/C27H27FN6O5/c1-3-38-26(37)18-5-4-6-20(12-18)32-27-31-15-30-24(33-27)17-7-8-22(19(11-17)13-29)39-23-9-10-34(14-21(23)28)25(36)16(2)35/h4-8,11-12,15-16,21,23,35H,3,9-10,14H2,1-2H3,(H,30,31,32,33)/t16?,21-,23+/m1/s1. The van der Waals surface area contributed by atoms with Crippen LogP contribution in [0.5, 0.6) is 5.75 Å². The van der Waals surface area contributed by atoms with Crippen LogP contribution in [-0.2, 0) is 9.53 Å².